The van der Waals surface area contributed by atoms with Crippen LogP contribution in [0.4, 0.5) is 19.3 Å². The molecule has 13 heteroatoms. The fraction of sp³-hybridized carbons (Fsp3) is 0.350. The van der Waals surface area contributed by atoms with Gasteiger partial charge in [0.15, 0.2) is 6.23 Å². The van der Waals surface area contributed by atoms with Crippen LogP contribution in [-0.4, -0.2) is 45.5 Å². The van der Waals surface area contributed by atoms with Crippen molar-refractivity contribution in [3.63, 3.8) is 0 Å². The molecule has 3 N–H and O–H groups in total. The van der Waals surface area contributed by atoms with Gasteiger partial charge in [-0.05, 0) is 56.1 Å². The molecular weight excluding hydrogens is 461 g/mol. The topological polar surface area (TPSA) is 123 Å². The third-order valence-corrected chi connectivity index (χ3v) is 5.79. The number of amides is 1. The van der Waals surface area contributed by atoms with Crippen molar-refractivity contribution in [2.75, 3.05) is 4.72 Å². The summed E-state index contributed by atoms with van der Waals surface area (Å²) < 4.78 is 67.4. The Morgan fingerprint density at radius 3 is 2.61 bits per heavy atom. The van der Waals surface area contributed by atoms with E-state index in [1.54, 1.807) is 26.8 Å². The van der Waals surface area contributed by atoms with Gasteiger partial charge >= 0.3 is 20.2 Å². The molecule has 0 saturated carbocycles. The van der Waals surface area contributed by atoms with Gasteiger partial charge in [-0.2, -0.15) is 8.78 Å². The Balaban J connectivity index is 1.71. The van der Waals surface area contributed by atoms with Crippen molar-refractivity contribution in [1.29, 1.82) is 0 Å². The van der Waals surface area contributed by atoms with E-state index in [-0.39, 0.29) is 23.8 Å². The maximum Gasteiger partial charge on any atom is 0.409 e. The second-order valence-corrected chi connectivity index (χ2v) is 9.88. The number of carbonyl (C=O) groups is 1. The lowest BCUT2D eigenvalue weighted by Crippen LogP contribution is -2.42. The highest BCUT2D eigenvalue weighted by Crippen LogP contribution is 2.27. The van der Waals surface area contributed by atoms with Crippen molar-refractivity contribution in [2.24, 2.45) is 0 Å². The number of anilines is 1. The van der Waals surface area contributed by atoms with Gasteiger partial charge in [-0.15, -0.1) is 0 Å². The highest BCUT2D eigenvalue weighted by molar-refractivity contribution is 7.92. The molecule has 3 rings (SSSR count). The highest BCUT2D eigenvalue weighted by Gasteiger charge is 2.32. The number of benzene rings is 2. The van der Waals surface area contributed by atoms with E-state index in [2.05, 4.69) is 14.8 Å². The number of alkyl carbamates (subject to hydrolysis) is 1. The Hall–Kier alpha value is -2.90. The van der Waals surface area contributed by atoms with Gasteiger partial charge < -0.3 is 19.2 Å². The molecule has 2 aromatic carbocycles. The summed E-state index contributed by atoms with van der Waals surface area (Å²) in [5.74, 6) is -0.287. The Bertz CT molecular complexity index is 1130. The quantitative estimate of drug-likeness (QED) is 0.406. The number of halogens is 2. The third kappa shape index (κ3) is 6.56. The van der Waals surface area contributed by atoms with Gasteiger partial charge in [0, 0.05) is 11.8 Å². The first-order valence-corrected chi connectivity index (χ1v) is 11.3. The number of hydrogen-bond donors (Lipinski definition) is 3. The summed E-state index contributed by atoms with van der Waals surface area (Å²) in [6, 6.07) is 9.26. The van der Waals surface area contributed by atoms with Crippen molar-refractivity contribution in [3.05, 3.63) is 48.0 Å². The van der Waals surface area contributed by atoms with Crippen LogP contribution in [0.3, 0.4) is 0 Å². The van der Waals surface area contributed by atoms with Gasteiger partial charge in [0.2, 0.25) is 0 Å². The predicted molar refractivity (Wildman–Crippen MR) is 116 cm³/mol. The minimum absolute atomic E-state index is 0.0698. The molecule has 0 spiro atoms. The number of fused-ring (bicyclic) bond motifs is 1. The van der Waals surface area contributed by atoms with Crippen LogP contribution in [0.15, 0.2) is 47.4 Å². The largest absolute Gasteiger partial charge is 0.444 e. The zero-order valence-corrected chi connectivity index (χ0v) is 18.9. The summed E-state index contributed by atoms with van der Waals surface area (Å²) in [6.45, 7) is 1.97. The average Bonchev–Trinajstić information content (AvgIpc) is 3.09. The second-order valence-electron chi connectivity index (χ2n) is 8.20. The van der Waals surface area contributed by atoms with E-state index >= 15 is 0 Å². The summed E-state index contributed by atoms with van der Waals surface area (Å²) >= 11 is 0. The van der Waals surface area contributed by atoms with E-state index in [0.29, 0.717) is 11.0 Å². The molecule has 0 saturated heterocycles. The monoisotopic (exact) mass is 484 g/mol. The molecule has 0 bridgehead atoms. The number of hydrogen-bond acceptors (Lipinski definition) is 7. The van der Waals surface area contributed by atoms with Crippen LogP contribution in [-0.2, 0) is 19.4 Å². The molecular formula is C20H23BF2N2O7S. The first-order chi connectivity index (χ1) is 15.3. The number of rotatable bonds is 7. The van der Waals surface area contributed by atoms with Crippen LogP contribution in [0.5, 0.6) is 5.75 Å². The summed E-state index contributed by atoms with van der Waals surface area (Å²) in [5.41, 5.74) is 0.622. The number of carbonyl (C=O) groups excluding carboxylic acids is 1. The van der Waals surface area contributed by atoms with Crippen LogP contribution in [0.2, 0.25) is 0 Å². The molecule has 9 nitrogen and oxygen atoms in total. The fourth-order valence-electron chi connectivity index (χ4n) is 3.14. The first kappa shape index (κ1) is 24.7. The van der Waals surface area contributed by atoms with Gasteiger partial charge in [0.1, 0.15) is 17.5 Å². The zero-order chi connectivity index (χ0) is 24.4. The van der Waals surface area contributed by atoms with Crippen LogP contribution >= 0.6 is 0 Å². The SMILES string of the molecule is CC(C)(C)OC(=O)NC(O)C1OBc2cc(NS(=O)(=O)c3cccc(OC(F)F)c3)ccc21. The third-order valence-electron chi connectivity index (χ3n) is 4.41. The minimum Gasteiger partial charge on any atom is -0.444 e. The minimum atomic E-state index is -4.09. The molecule has 1 aliphatic rings. The standard InChI is InChI=1S/C20H23BF2N2O7S/c1-20(2,3)31-19(27)24-17(26)16-14-8-7-11(9-15(14)21-32-16)25-33(28,29)13-6-4-5-12(10-13)30-18(22)23/h4-10,16-18,21,25-26H,1-3H3,(H,24,27). The molecule has 33 heavy (non-hydrogen) atoms. The summed E-state index contributed by atoms with van der Waals surface area (Å²) in [6.07, 6.45) is -3.07. The Labute approximate surface area is 190 Å². The van der Waals surface area contributed by atoms with E-state index in [9.17, 15) is 27.1 Å². The van der Waals surface area contributed by atoms with Gasteiger partial charge in [-0.25, -0.2) is 13.2 Å². The normalized spacial score (nSPS) is 16.5. The van der Waals surface area contributed by atoms with Gasteiger partial charge in [-0.1, -0.05) is 12.1 Å². The number of sulfonamides is 1. The predicted octanol–water partition coefficient (Wildman–Crippen LogP) is 1.98. The van der Waals surface area contributed by atoms with Gasteiger partial charge in [-0.3, -0.25) is 10.0 Å². The molecule has 1 amide bonds. The smallest absolute Gasteiger partial charge is 0.409 e. The molecule has 0 radical (unpaired) electrons. The van der Waals surface area contributed by atoms with Crippen LogP contribution < -0.4 is 20.2 Å². The molecule has 0 aromatic heterocycles. The lowest BCUT2D eigenvalue weighted by molar-refractivity contribution is -0.0500. The van der Waals surface area contributed by atoms with Crippen molar-refractivity contribution < 1.29 is 41.2 Å². The summed E-state index contributed by atoms with van der Waals surface area (Å²) in [5, 5.41) is 12.6. The lowest BCUT2D eigenvalue weighted by atomic mass is 9.86. The van der Waals surface area contributed by atoms with E-state index in [1.807, 2.05) is 0 Å². The number of aliphatic hydroxyl groups is 1. The summed E-state index contributed by atoms with van der Waals surface area (Å²) in [7, 11) is -4.02. The Morgan fingerprint density at radius 2 is 1.94 bits per heavy atom. The summed E-state index contributed by atoms with van der Waals surface area (Å²) in [4.78, 5) is 11.6. The number of ether oxygens (including phenoxy) is 2. The first-order valence-electron chi connectivity index (χ1n) is 9.84. The molecule has 1 heterocycles. The van der Waals surface area contributed by atoms with Crippen molar-refractivity contribution in [2.45, 2.75) is 50.2 Å². The van der Waals surface area contributed by atoms with Crippen LogP contribution in [0, 0.1) is 0 Å². The lowest BCUT2D eigenvalue weighted by Gasteiger charge is -2.24. The number of alkyl halides is 2. The zero-order valence-electron chi connectivity index (χ0n) is 18.0. The van der Waals surface area contributed by atoms with E-state index in [1.165, 1.54) is 30.3 Å². The average molecular weight is 484 g/mol. The number of nitrogens with one attached hydrogen (secondary N) is 2. The molecule has 0 aliphatic carbocycles. The van der Waals surface area contributed by atoms with E-state index < -0.39 is 40.7 Å². The molecule has 2 unspecified atom stereocenters. The maximum atomic E-state index is 12.7. The maximum absolute atomic E-state index is 12.7. The van der Waals surface area contributed by atoms with E-state index in [4.69, 9.17) is 9.39 Å². The highest BCUT2D eigenvalue weighted by atomic mass is 32.2. The second kappa shape index (κ2) is 9.53. The van der Waals surface area contributed by atoms with Gasteiger partial charge in [0.05, 0.1) is 4.90 Å². The Morgan fingerprint density at radius 1 is 1.21 bits per heavy atom. The van der Waals surface area contributed by atoms with Crippen molar-refractivity contribution in [3.8, 4) is 5.75 Å². The molecule has 2 aromatic rings. The van der Waals surface area contributed by atoms with Crippen molar-refractivity contribution >= 4 is 34.7 Å². The van der Waals surface area contributed by atoms with Gasteiger partial charge in [0.25, 0.3) is 10.0 Å². The number of aliphatic hydroxyl groups excluding tert-OH is 1. The molecule has 2 atom stereocenters. The molecule has 0 fully saturated rings. The Kier molecular flexibility index (Phi) is 7.15. The fourth-order valence-corrected chi connectivity index (χ4v) is 4.22. The van der Waals surface area contributed by atoms with Crippen LogP contribution in [0.1, 0.15) is 32.4 Å². The molecule has 178 valence electrons. The van der Waals surface area contributed by atoms with Crippen LogP contribution in [0.25, 0.3) is 0 Å². The van der Waals surface area contributed by atoms with E-state index in [0.717, 1.165) is 6.07 Å². The van der Waals surface area contributed by atoms with Crippen molar-refractivity contribution in [1.82, 2.24) is 5.32 Å². The molecule has 1 aliphatic heterocycles.